The minimum Gasteiger partial charge on any atom is -0.444 e. The Morgan fingerprint density at radius 3 is 2.40 bits per heavy atom. The van der Waals surface area contributed by atoms with Crippen molar-refractivity contribution in [3.8, 4) is 0 Å². The van der Waals surface area contributed by atoms with E-state index in [0.29, 0.717) is 11.5 Å². The van der Waals surface area contributed by atoms with E-state index in [-0.39, 0.29) is 6.09 Å². The number of hydrogen-bond donors (Lipinski definition) is 1. The fraction of sp³-hybridized carbons (Fsp3) is 0.909. The molecular formula is C11H19NO2S. The van der Waals surface area contributed by atoms with Gasteiger partial charge in [-0.05, 0) is 50.5 Å². The van der Waals surface area contributed by atoms with Crippen LogP contribution in [0.4, 0.5) is 4.79 Å². The van der Waals surface area contributed by atoms with Gasteiger partial charge >= 0.3 is 6.09 Å². The predicted molar refractivity (Wildman–Crippen MR) is 62.1 cm³/mol. The molecule has 2 rings (SSSR count). The predicted octanol–water partition coefficient (Wildman–Crippen LogP) is 2.41. The van der Waals surface area contributed by atoms with Gasteiger partial charge in [0.25, 0.3) is 0 Å². The van der Waals surface area contributed by atoms with Crippen molar-refractivity contribution in [3.63, 3.8) is 0 Å². The van der Waals surface area contributed by atoms with Crippen molar-refractivity contribution in [3.05, 3.63) is 0 Å². The van der Waals surface area contributed by atoms with E-state index < -0.39 is 5.60 Å². The zero-order valence-electron chi connectivity index (χ0n) is 9.63. The fourth-order valence-corrected chi connectivity index (χ4v) is 3.44. The Morgan fingerprint density at radius 2 is 2.00 bits per heavy atom. The molecule has 1 amide bonds. The minimum absolute atomic E-state index is 0.269. The van der Waals surface area contributed by atoms with E-state index in [0.717, 1.165) is 12.8 Å². The quantitative estimate of drug-likeness (QED) is 0.750. The lowest BCUT2D eigenvalue weighted by molar-refractivity contribution is 0.0389. The van der Waals surface area contributed by atoms with Gasteiger partial charge in [0.1, 0.15) is 5.60 Å². The van der Waals surface area contributed by atoms with Crippen molar-refractivity contribution in [1.29, 1.82) is 0 Å². The number of ether oxygens (including phenoxy) is 1. The number of thioether (sulfide) groups is 1. The highest BCUT2D eigenvalue weighted by atomic mass is 32.2. The van der Waals surface area contributed by atoms with E-state index in [1.807, 2.05) is 32.5 Å². The summed E-state index contributed by atoms with van der Waals surface area (Å²) in [6.07, 6.45) is 2.01. The molecule has 0 radical (unpaired) electrons. The molecule has 2 aliphatic rings. The molecule has 1 N–H and O–H groups in total. The maximum Gasteiger partial charge on any atom is 0.407 e. The summed E-state index contributed by atoms with van der Waals surface area (Å²) < 4.78 is 5.21. The third kappa shape index (κ3) is 2.60. The van der Waals surface area contributed by atoms with Crippen LogP contribution in [0.1, 0.15) is 33.6 Å². The molecule has 0 atom stereocenters. The molecule has 4 heteroatoms. The first kappa shape index (κ1) is 11.1. The van der Waals surface area contributed by atoms with Crippen LogP contribution >= 0.6 is 11.8 Å². The van der Waals surface area contributed by atoms with Crippen LogP contribution in [0.2, 0.25) is 0 Å². The Balaban J connectivity index is 1.68. The molecule has 0 unspecified atom stereocenters. The lowest BCUT2D eigenvalue weighted by atomic mass is 9.67. The molecule has 1 saturated heterocycles. The smallest absolute Gasteiger partial charge is 0.407 e. The van der Waals surface area contributed by atoms with Gasteiger partial charge in [0.15, 0.2) is 0 Å². The summed E-state index contributed by atoms with van der Waals surface area (Å²) in [5, 5.41) is 2.93. The van der Waals surface area contributed by atoms with Gasteiger partial charge in [0, 0.05) is 6.04 Å². The summed E-state index contributed by atoms with van der Waals surface area (Å²) >= 11 is 2.01. The number of amides is 1. The van der Waals surface area contributed by atoms with Gasteiger partial charge in [-0.3, -0.25) is 0 Å². The second-order valence-corrected chi connectivity index (χ2v) is 6.73. The van der Waals surface area contributed by atoms with Gasteiger partial charge in [0.2, 0.25) is 0 Å². The van der Waals surface area contributed by atoms with E-state index >= 15 is 0 Å². The zero-order chi connectivity index (χ0) is 11.1. The average molecular weight is 229 g/mol. The van der Waals surface area contributed by atoms with Crippen molar-refractivity contribution in [1.82, 2.24) is 5.32 Å². The third-order valence-electron chi connectivity index (χ3n) is 2.90. The second kappa shape index (κ2) is 3.58. The Morgan fingerprint density at radius 1 is 1.40 bits per heavy atom. The van der Waals surface area contributed by atoms with Crippen LogP contribution < -0.4 is 5.32 Å². The molecule has 1 spiro atoms. The van der Waals surface area contributed by atoms with Crippen molar-refractivity contribution in [2.24, 2.45) is 5.41 Å². The number of alkyl carbamates (subject to hydrolysis) is 1. The van der Waals surface area contributed by atoms with Crippen molar-refractivity contribution < 1.29 is 9.53 Å². The van der Waals surface area contributed by atoms with Crippen molar-refractivity contribution in [2.75, 3.05) is 11.5 Å². The lowest BCUT2D eigenvalue weighted by Gasteiger charge is -2.53. The summed E-state index contributed by atoms with van der Waals surface area (Å²) in [4.78, 5) is 11.4. The SMILES string of the molecule is CC(C)(C)OC(=O)NC1CC2(CSC2)C1. The summed E-state index contributed by atoms with van der Waals surface area (Å²) in [5.74, 6) is 2.55. The van der Waals surface area contributed by atoms with Crippen molar-refractivity contribution >= 4 is 17.9 Å². The first-order valence-corrected chi connectivity index (χ1v) is 6.61. The van der Waals surface area contributed by atoms with Gasteiger partial charge < -0.3 is 10.1 Å². The van der Waals surface area contributed by atoms with E-state index in [4.69, 9.17) is 4.74 Å². The van der Waals surface area contributed by atoms with Gasteiger partial charge in [-0.1, -0.05) is 0 Å². The molecule has 1 heterocycles. The molecule has 1 aliphatic carbocycles. The Bertz CT molecular complexity index is 260. The molecule has 3 nitrogen and oxygen atoms in total. The number of carbonyl (C=O) groups excluding carboxylic acids is 1. The fourth-order valence-electron chi connectivity index (χ4n) is 2.19. The molecule has 1 aliphatic heterocycles. The van der Waals surface area contributed by atoms with Crippen LogP contribution in [0.25, 0.3) is 0 Å². The molecule has 15 heavy (non-hydrogen) atoms. The van der Waals surface area contributed by atoms with Crippen LogP contribution in [-0.4, -0.2) is 29.2 Å². The third-order valence-corrected chi connectivity index (χ3v) is 4.53. The molecule has 0 bridgehead atoms. The molecule has 1 saturated carbocycles. The van der Waals surface area contributed by atoms with Crippen LogP contribution in [0, 0.1) is 5.41 Å². The molecule has 86 valence electrons. The van der Waals surface area contributed by atoms with Gasteiger partial charge in [-0.25, -0.2) is 4.79 Å². The van der Waals surface area contributed by atoms with Gasteiger partial charge in [0.05, 0.1) is 0 Å². The van der Waals surface area contributed by atoms with Crippen molar-refractivity contribution in [2.45, 2.75) is 45.3 Å². The monoisotopic (exact) mass is 229 g/mol. The van der Waals surface area contributed by atoms with E-state index in [1.54, 1.807) is 0 Å². The lowest BCUT2D eigenvalue weighted by Crippen LogP contribution is -2.57. The minimum atomic E-state index is -0.391. The standard InChI is InChI=1S/C11H19NO2S/c1-10(2,3)14-9(13)12-8-4-11(5-8)6-15-7-11/h8H,4-7H2,1-3H3,(H,12,13). The first-order chi connectivity index (χ1) is 6.89. The number of rotatable bonds is 1. The Kier molecular flexibility index (Phi) is 2.65. The number of nitrogens with one attached hydrogen (secondary N) is 1. The van der Waals surface area contributed by atoms with Crippen LogP contribution in [0.5, 0.6) is 0 Å². The molecular weight excluding hydrogens is 210 g/mol. The highest BCUT2D eigenvalue weighted by Crippen LogP contribution is 2.52. The molecule has 0 aromatic rings. The number of carbonyl (C=O) groups is 1. The zero-order valence-corrected chi connectivity index (χ0v) is 10.4. The largest absolute Gasteiger partial charge is 0.444 e. The van der Waals surface area contributed by atoms with Crippen LogP contribution in [-0.2, 0) is 4.74 Å². The maximum absolute atomic E-state index is 11.4. The summed E-state index contributed by atoms with van der Waals surface area (Å²) in [6.45, 7) is 5.66. The Labute approximate surface area is 95.3 Å². The first-order valence-electron chi connectivity index (χ1n) is 5.46. The number of hydrogen-bond acceptors (Lipinski definition) is 3. The highest BCUT2D eigenvalue weighted by molar-refractivity contribution is 8.00. The second-order valence-electron chi connectivity index (χ2n) is 5.74. The normalized spacial score (nSPS) is 24.2. The van der Waals surface area contributed by atoms with E-state index in [2.05, 4.69) is 5.32 Å². The average Bonchev–Trinajstić information content (AvgIpc) is 1.87. The van der Waals surface area contributed by atoms with Crippen LogP contribution in [0.15, 0.2) is 0 Å². The maximum atomic E-state index is 11.4. The van der Waals surface area contributed by atoms with E-state index in [9.17, 15) is 4.79 Å². The molecule has 0 aromatic heterocycles. The highest BCUT2D eigenvalue weighted by Gasteiger charge is 2.49. The molecule has 0 aromatic carbocycles. The summed E-state index contributed by atoms with van der Waals surface area (Å²) in [7, 11) is 0. The van der Waals surface area contributed by atoms with Crippen LogP contribution in [0.3, 0.4) is 0 Å². The topological polar surface area (TPSA) is 38.3 Å². The summed E-state index contributed by atoms with van der Waals surface area (Å²) in [5.41, 5.74) is 0.183. The molecule has 2 fully saturated rings. The van der Waals surface area contributed by atoms with Gasteiger partial charge in [-0.15, -0.1) is 0 Å². The van der Waals surface area contributed by atoms with Gasteiger partial charge in [-0.2, -0.15) is 11.8 Å². The van der Waals surface area contributed by atoms with E-state index in [1.165, 1.54) is 11.5 Å². The Hall–Kier alpha value is -0.380. The summed E-state index contributed by atoms with van der Waals surface area (Å²) in [6, 6.07) is 0.348.